The molecule has 2 heterocycles. The Labute approximate surface area is 176 Å². The number of aryl methyl sites for hydroxylation is 1. The van der Waals surface area contributed by atoms with Crippen LogP contribution in [0.4, 0.5) is 10.9 Å². The third-order valence-corrected chi connectivity index (χ3v) is 6.29. The summed E-state index contributed by atoms with van der Waals surface area (Å²) in [6.45, 7) is 5.47. The maximum atomic E-state index is 13.0. The van der Waals surface area contributed by atoms with Crippen molar-refractivity contribution in [3.05, 3.63) is 16.0 Å². The average molecular weight is 442 g/mol. The highest BCUT2D eigenvalue weighted by molar-refractivity contribution is 7.99. The van der Waals surface area contributed by atoms with Crippen molar-refractivity contribution in [2.45, 2.75) is 38.4 Å². The number of nitrogens with one attached hydrogen (secondary N) is 1. The van der Waals surface area contributed by atoms with E-state index in [4.69, 9.17) is 10.5 Å². The van der Waals surface area contributed by atoms with Gasteiger partial charge in [0.2, 0.25) is 11.9 Å². The molecule has 1 atom stereocenters. The zero-order valence-corrected chi connectivity index (χ0v) is 18.4. The van der Waals surface area contributed by atoms with Gasteiger partial charge < -0.3 is 20.5 Å². The number of hydrogen-bond acceptors (Lipinski definition) is 10. The number of aromatic nitrogens is 3. The SMILES string of the molecule is CCC(C(=O)Nc1sc(C)c(C)c1C(=O)OC)n1c(N)nnc1SCC(=O)OC. The van der Waals surface area contributed by atoms with Gasteiger partial charge >= 0.3 is 11.9 Å². The molecule has 0 aliphatic rings. The molecule has 0 spiro atoms. The highest BCUT2D eigenvalue weighted by Crippen LogP contribution is 2.34. The van der Waals surface area contributed by atoms with Gasteiger partial charge in [-0.1, -0.05) is 18.7 Å². The lowest BCUT2D eigenvalue weighted by molar-refractivity contribution is -0.137. The number of carbonyl (C=O) groups is 3. The molecular formula is C17H23N5O5S2. The molecule has 0 bridgehead atoms. The second kappa shape index (κ2) is 9.74. The van der Waals surface area contributed by atoms with Crippen LogP contribution in [0, 0.1) is 13.8 Å². The van der Waals surface area contributed by atoms with Crippen molar-refractivity contribution in [3.63, 3.8) is 0 Å². The van der Waals surface area contributed by atoms with Crippen LogP contribution < -0.4 is 11.1 Å². The molecule has 0 fully saturated rings. The van der Waals surface area contributed by atoms with Crippen LogP contribution in [0.3, 0.4) is 0 Å². The number of ether oxygens (including phenoxy) is 2. The molecule has 2 aromatic rings. The number of hydrogen-bond donors (Lipinski definition) is 2. The molecule has 0 saturated carbocycles. The van der Waals surface area contributed by atoms with E-state index in [9.17, 15) is 14.4 Å². The molecule has 158 valence electrons. The van der Waals surface area contributed by atoms with E-state index in [2.05, 4.69) is 20.3 Å². The van der Waals surface area contributed by atoms with Crippen molar-refractivity contribution in [2.75, 3.05) is 31.0 Å². The number of methoxy groups -OCH3 is 2. The van der Waals surface area contributed by atoms with Crippen LogP contribution in [0.2, 0.25) is 0 Å². The predicted molar refractivity (Wildman–Crippen MR) is 110 cm³/mol. The van der Waals surface area contributed by atoms with Gasteiger partial charge in [-0.05, 0) is 25.8 Å². The third kappa shape index (κ3) is 4.88. The Bertz CT molecular complexity index is 924. The number of nitrogens with two attached hydrogens (primary N) is 1. The second-order valence-electron chi connectivity index (χ2n) is 5.97. The molecular weight excluding hydrogens is 418 g/mol. The molecule has 2 aromatic heterocycles. The molecule has 1 unspecified atom stereocenters. The number of amides is 1. The van der Waals surface area contributed by atoms with Crippen LogP contribution in [-0.2, 0) is 19.1 Å². The fourth-order valence-corrected chi connectivity index (χ4v) is 4.48. The summed E-state index contributed by atoms with van der Waals surface area (Å²) >= 11 is 2.36. The van der Waals surface area contributed by atoms with Crippen LogP contribution in [-0.4, -0.2) is 52.6 Å². The van der Waals surface area contributed by atoms with Gasteiger partial charge in [-0.3, -0.25) is 14.2 Å². The van der Waals surface area contributed by atoms with Crippen LogP contribution in [0.15, 0.2) is 5.16 Å². The smallest absolute Gasteiger partial charge is 0.341 e. The van der Waals surface area contributed by atoms with Crippen molar-refractivity contribution in [1.29, 1.82) is 0 Å². The van der Waals surface area contributed by atoms with Gasteiger partial charge in [-0.25, -0.2) is 4.79 Å². The molecule has 10 nitrogen and oxygen atoms in total. The summed E-state index contributed by atoms with van der Waals surface area (Å²) in [5.41, 5.74) is 7.01. The number of nitrogens with zero attached hydrogens (tertiary/aromatic N) is 3. The van der Waals surface area contributed by atoms with Gasteiger partial charge in [-0.15, -0.1) is 21.5 Å². The summed E-state index contributed by atoms with van der Waals surface area (Å²) in [5, 5.41) is 11.3. The average Bonchev–Trinajstić information content (AvgIpc) is 3.19. The van der Waals surface area contributed by atoms with Crippen molar-refractivity contribution < 1.29 is 23.9 Å². The zero-order chi connectivity index (χ0) is 21.7. The Morgan fingerprint density at radius 2 is 1.93 bits per heavy atom. The monoisotopic (exact) mass is 441 g/mol. The molecule has 0 aromatic carbocycles. The zero-order valence-electron chi connectivity index (χ0n) is 16.8. The Hall–Kier alpha value is -2.60. The van der Waals surface area contributed by atoms with E-state index >= 15 is 0 Å². The Kier molecular flexibility index (Phi) is 7.62. The van der Waals surface area contributed by atoms with E-state index in [0.29, 0.717) is 22.1 Å². The van der Waals surface area contributed by atoms with E-state index in [0.717, 1.165) is 22.2 Å². The number of anilines is 2. The largest absolute Gasteiger partial charge is 0.468 e. The van der Waals surface area contributed by atoms with Crippen molar-refractivity contribution in [3.8, 4) is 0 Å². The van der Waals surface area contributed by atoms with E-state index in [1.54, 1.807) is 6.92 Å². The van der Waals surface area contributed by atoms with Crippen LogP contribution in [0.25, 0.3) is 0 Å². The molecule has 2 rings (SSSR count). The minimum absolute atomic E-state index is 0.00247. The first-order chi connectivity index (χ1) is 13.7. The highest BCUT2D eigenvalue weighted by Gasteiger charge is 2.28. The summed E-state index contributed by atoms with van der Waals surface area (Å²) in [6.07, 6.45) is 0.386. The lowest BCUT2D eigenvalue weighted by Gasteiger charge is -2.19. The van der Waals surface area contributed by atoms with Gasteiger partial charge in [0.25, 0.3) is 0 Å². The topological polar surface area (TPSA) is 138 Å². The first kappa shape index (κ1) is 22.7. The van der Waals surface area contributed by atoms with Gasteiger partial charge in [0, 0.05) is 4.88 Å². The van der Waals surface area contributed by atoms with Gasteiger partial charge in [0.05, 0.1) is 25.5 Å². The normalized spacial score (nSPS) is 11.8. The molecule has 12 heteroatoms. The molecule has 3 N–H and O–H groups in total. The summed E-state index contributed by atoms with van der Waals surface area (Å²) in [4.78, 5) is 37.5. The minimum atomic E-state index is -0.738. The number of thiophene rings is 1. The Balaban J connectivity index is 2.31. The van der Waals surface area contributed by atoms with E-state index in [-0.39, 0.29) is 17.6 Å². The van der Waals surface area contributed by atoms with Crippen molar-refractivity contribution in [2.24, 2.45) is 0 Å². The van der Waals surface area contributed by atoms with Crippen LogP contribution >= 0.6 is 23.1 Å². The second-order valence-corrected chi connectivity index (χ2v) is 8.14. The third-order valence-electron chi connectivity index (χ3n) is 4.25. The quantitative estimate of drug-likeness (QED) is 0.466. The Morgan fingerprint density at radius 3 is 2.52 bits per heavy atom. The van der Waals surface area contributed by atoms with E-state index in [1.807, 2.05) is 13.8 Å². The first-order valence-electron chi connectivity index (χ1n) is 8.64. The van der Waals surface area contributed by atoms with Crippen LogP contribution in [0.5, 0.6) is 0 Å². The number of rotatable bonds is 8. The standard InChI is InChI=1S/C17H23N5O5S2/c1-6-10(22-16(18)20-21-17(22)28-7-11(23)26-4)13(24)19-14-12(15(25)27-5)8(2)9(3)29-14/h10H,6-7H2,1-5H3,(H2,18,20)(H,19,24). The maximum Gasteiger partial charge on any atom is 0.341 e. The number of esters is 2. The lowest BCUT2D eigenvalue weighted by Crippen LogP contribution is -2.27. The first-order valence-corrected chi connectivity index (χ1v) is 10.4. The van der Waals surface area contributed by atoms with E-state index in [1.165, 1.54) is 30.1 Å². The fourth-order valence-electron chi connectivity index (χ4n) is 2.61. The summed E-state index contributed by atoms with van der Waals surface area (Å²) in [6, 6.07) is -0.738. The molecule has 0 radical (unpaired) electrons. The predicted octanol–water partition coefficient (Wildman–Crippen LogP) is 2.18. The summed E-state index contributed by atoms with van der Waals surface area (Å²) in [5.74, 6) is -1.29. The molecule has 0 saturated heterocycles. The fraction of sp³-hybridized carbons (Fsp3) is 0.471. The summed E-state index contributed by atoms with van der Waals surface area (Å²) in [7, 11) is 2.58. The number of carbonyl (C=O) groups excluding carboxylic acids is 3. The summed E-state index contributed by atoms with van der Waals surface area (Å²) < 4.78 is 10.9. The minimum Gasteiger partial charge on any atom is -0.468 e. The lowest BCUT2D eigenvalue weighted by atomic mass is 10.1. The van der Waals surface area contributed by atoms with Crippen molar-refractivity contribution in [1.82, 2.24) is 14.8 Å². The van der Waals surface area contributed by atoms with Gasteiger partial charge in [0.15, 0.2) is 5.16 Å². The number of nitrogen functional groups attached to an aromatic ring is 1. The maximum absolute atomic E-state index is 13.0. The molecule has 0 aliphatic carbocycles. The highest BCUT2D eigenvalue weighted by atomic mass is 32.2. The Morgan fingerprint density at radius 1 is 1.24 bits per heavy atom. The number of thioether (sulfide) groups is 1. The molecule has 0 aliphatic heterocycles. The van der Waals surface area contributed by atoms with Crippen molar-refractivity contribution >= 4 is 51.9 Å². The van der Waals surface area contributed by atoms with Crippen LogP contribution in [0.1, 0.15) is 40.2 Å². The molecule has 29 heavy (non-hydrogen) atoms. The molecule has 1 amide bonds. The van der Waals surface area contributed by atoms with Gasteiger partial charge in [-0.2, -0.15) is 0 Å². The van der Waals surface area contributed by atoms with Gasteiger partial charge in [0.1, 0.15) is 11.0 Å². The van der Waals surface area contributed by atoms with E-state index < -0.39 is 18.0 Å².